The first kappa shape index (κ1) is 14.5. The van der Waals surface area contributed by atoms with Crippen molar-refractivity contribution < 1.29 is 4.79 Å². The Kier molecular flexibility index (Phi) is 6.21. The van der Waals surface area contributed by atoms with E-state index in [2.05, 4.69) is 29.2 Å². The number of nitrogens with one attached hydrogen (secondary N) is 1. The predicted molar refractivity (Wildman–Crippen MR) is 72.1 cm³/mol. The number of hydrogen-bond acceptors (Lipinski definition) is 4. The second-order valence-corrected chi connectivity index (χ2v) is 4.26. The molecule has 6 heteroatoms. The maximum Gasteiger partial charge on any atom is 0.241 e. The van der Waals surface area contributed by atoms with Gasteiger partial charge in [-0.2, -0.15) is 5.10 Å². The zero-order valence-corrected chi connectivity index (χ0v) is 11.2. The monoisotopic (exact) mass is 253 g/mol. The van der Waals surface area contributed by atoms with Crippen molar-refractivity contribution in [2.75, 3.05) is 31.9 Å². The molecule has 0 atom stereocenters. The molecule has 1 amide bonds. The van der Waals surface area contributed by atoms with Crippen LogP contribution in [0.4, 0.5) is 5.69 Å². The second kappa shape index (κ2) is 7.71. The third kappa shape index (κ3) is 5.18. The molecule has 102 valence electrons. The lowest BCUT2D eigenvalue weighted by Crippen LogP contribution is -2.36. The molecule has 1 rings (SSSR count). The van der Waals surface area contributed by atoms with Gasteiger partial charge in [-0.1, -0.05) is 13.8 Å². The molecule has 0 aliphatic heterocycles. The van der Waals surface area contributed by atoms with Gasteiger partial charge < -0.3 is 16.0 Å². The van der Waals surface area contributed by atoms with Gasteiger partial charge in [-0.05, 0) is 19.5 Å². The van der Waals surface area contributed by atoms with E-state index in [1.54, 1.807) is 6.20 Å². The largest absolute Gasteiger partial charge is 0.396 e. The molecule has 1 aromatic heterocycles. The highest BCUT2D eigenvalue weighted by atomic mass is 16.2. The van der Waals surface area contributed by atoms with Crippen LogP contribution < -0.4 is 11.1 Å². The van der Waals surface area contributed by atoms with Gasteiger partial charge in [0, 0.05) is 19.3 Å². The Balaban J connectivity index is 2.20. The summed E-state index contributed by atoms with van der Waals surface area (Å²) in [7, 11) is 0. The van der Waals surface area contributed by atoms with E-state index >= 15 is 0 Å². The molecular formula is C12H23N5O. The first-order chi connectivity index (χ1) is 8.65. The average Bonchev–Trinajstić information content (AvgIpc) is 2.73. The molecule has 0 spiro atoms. The summed E-state index contributed by atoms with van der Waals surface area (Å²) in [5.41, 5.74) is 6.10. The van der Waals surface area contributed by atoms with Crippen LogP contribution in [0.15, 0.2) is 12.4 Å². The zero-order chi connectivity index (χ0) is 13.4. The SMILES string of the molecule is CCCN(CC)CCNC(=O)Cn1cc(N)cn1. The highest BCUT2D eigenvalue weighted by Crippen LogP contribution is 1.97. The minimum atomic E-state index is -0.0364. The van der Waals surface area contributed by atoms with Crippen molar-refractivity contribution in [3.63, 3.8) is 0 Å². The van der Waals surface area contributed by atoms with Gasteiger partial charge in [-0.25, -0.2) is 0 Å². The smallest absolute Gasteiger partial charge is 0.241 e. The van der Waals surface area contributed by atoms with E-state index in [1.165, 1.54) is 10.9 Å². The fraction of sp³-hybridized carbons (Fsp3) is 0.667. The molecule has 1 aromatic rings. The molecule has 0 fully saturated rings. The van der Waals surface area contributed by atoms with Gasteiger partial charge in [-0.3, -0.25) is 9.48 Å². The quantitative estimate of drug-likeness (QED) is 0.699. The van der Waals surface area contributed by atoms with E-state index in [-0.39, 0.29) is 12.5 Å². The van der Waals surface area contributed by atoms with Crippen LogP contribution in [0.1, 0.15) is 20.3 Å². The minimum Gasteiger partial charge on any atom is -0.396 e. The first-order valence-corrected chi connectivity index (χ1v) is 6.42. The maximum atomic E-state index is 11.6. The van der Waals surface area contributed by atoms with Crippen molar-refractivity contribution in [1.29, 1.82) is 0 Å². The van der Waals surface area contributed by atoms with E-state index in [0.29, 0.717) is 12.2 Å². The van der Waals surface area contributed by atoms with Gasteiger partial charge in [0.1, 0.15) is 6.54 Å². The Labute approximate surface area is 108 Å². The summed E-state index contributed by atoms with van der Waals surface area (Å²) in [6.45, 7) is 8.15. The average molecular weight is 253 g/mol. The molecular weight excluding hydrogens is 230 g/mol. The van der Waals surface area contributed by atoms with Crippen molar-refractivity contribution in [2.24, 2.45) is 0 Å². The van der Waals surface area contributed by atoms with Crippen LogP contribution in [-0.4, -0.2) is 46.8 Å². The van der Waals surface area contributed by atoms with Crippen LogP contribution in [0.5, 0.6) is 0 Å². The van der Waals surface area contributed by atoms with Gasteiger partial charge in [0.2, 0.25) is 5.91 Å². The van der Waals surface area contributed by atoms with E-state index in [0.717, 1.165) is 26.1 Å². The molecule has 0 aliphatic carbocycles. The van der Waals surface area contributed by atoms with Gasteiger partial charge >= 0.3 is 0 Å². The van der Waals surface area contributed by atoms with Gasteiger partial charge in [0.15, 0.2) is 0 Å². The van der Waals surface area contributed by atoms with E-state index < -0.39 is 0 Å². The zero-order valence-electron chi connectivity index (χ0n) is 11.2. The number of nitrogens with zero attached hydrogens (tertiary/aromatic N) is 3. The third-order valence-corrected chi connectivity index (χ3v) is 2.70. The van der Waals surface area contributed by atoms with Gasteiger partial charge in [0.05, 0.1) is 11.9 Å². The Morgan fingerprint density at radius 3 is 2.83 bits per heavy atom. The molecule has 0 saturated heterocycles. The van der Waals surface area contributed by atoms with Crippen LogP contribution in [0.3, 0.4) is 0 Å². The second-order valence-electron chi connectivity index (χ2n) is 4.26. The summed E-state index contributed by atoms with van der Waals surface area (Å²) in [5, 5.41) is 6.85. The highest BCUT2D eigenvalue weighted by molar-refractivity contribution is 5.75. The number of hydrogen-bond donors (Lipinski definition) is 2. The number of aromatic nitrogens is 2. The van der Waals surface area contributed by atoms with E-state index in [9.17, 15) is 4.79 Å². The minimum absolute atomic E-state index is 0.0364. The Morgan fingerprint density at radius 2 is 2.28 bits per heavy atom. The summed E-state index contributed by atoms with van der Waals surface area (Å²) >= 11 is 0. The Hall–Kier alpha value is -1.56. The van der Waals surface area contributed by atoms with Crippen molar-refractivity contribution in [3.05, 3.63) is 12.4 Å². The lowest BCUT2D eigenvalue weighted by molar-refractivity contribution is -0.121. The molecule has 0 saturated carbocycles. The van der Waals surface area contributed by atoms with Crippen LogP contribution in [0.2, 0.25) is 0 Å². The van der Waals surface area contributed by atoms with E-state index in [4.69, 9.17) is 5.73 Å². The van der Waals surface area contributed by atoms with Crippen LogP contribution in [-0.2, 0) is 11.3 Å². The van der Waals surface area contributed by atoms with E-state index in [1.807, 2.05) is 0 Å². The fourth-order valence-electron chi connectivity index (χ4n) is 1.77. The third-order valence-electron chi connectivity index (χ3n) is 2.70. The molecule has 6 nitrogen and oxygen atoms in total. The number of carbonyl (C=O) groups excluding carboxylic acids is 1. The number of anilines is 1. The topological polar surface area (TPSA) is 76.2 Å². The summed E-state index contributed by atoms with van der Waals surface area (Å²) in [5.74, 6) is -0.0364. The first-order valence-electron chi connectivity index (χ1n) is 6.42. The number of nitrogens with two attached hydrogens (primary N) is 1. The molecule has 0 bridgehead atoms. The van der Waals surface area contributed by atoms with Crippen molar-refractivity contribution in [1.82, 2.24) is 20.0 Å². The molecule has 3 N–H and O–H groups in total. The summed E-state index contributed by atoms with van der Waals surface area (Å²) in [4.78, 5) is 13.9. The number of likely N-dealkylation sites (N-methyl/N-ethyl adjacent to an activating group) is 1. The van der Waals surface area contributed by atoms with Gasteiger partial charge in [0.25, 0.3) is 0 Å². The van der Waals surface area contributed by atoms with Gasteiger partial charge in [-0.15, -0.1) is 0 Å². The number of carbonyl (C=O) groups is 1. The highest BCUT2D eigenvalue weighted by Gasteiger charge is 2.05. The molecule has 0 aromatic carbocycles. The maximum absolute atomic E-state index is 11.6. The Morgan fingerprint density at radius 1 is 1.50 bits per heavy atom. The standard InChI is InChI=1S/C12H23N5O/c1-3-6-16(4-2)7-5-14-12(18)10-17-9-11(13)8-15-17/h8-9H,3-7,10,13H2,1-2H3,(H,14,18). The number of rotatable bonds is 8. The summed E-state index contributed by atoms with van der Waals surface area (Å²) < 4.78 is 1.54. The molecule has 0 unspecified atom stereocenters. The van der Waals surface area contributed by atoms with Crippen molar-refractivity contribution >= 4 is 11.6 Å². The molecule has 18 heavy (non-hydrogen) atoms. The summed E-state index contributed by atoms with van der Waals surface area (Å²) in [6.07, 6.45) is 4.32. The summed E-state index contributed by atoms with van der Waals surface area (Å²) in [6, 6.07) is 0. The van der Waals surface area contributed by atoms with Crippen molar-refractivity contribution in [2.45, 2.75) is 26.8 Å². The predicted octanol–water partition coefficient (Wildman–Crippen LogP) is 0.313. The number of nitrogen functional groups attached to an aromatic ring is 1. The van der Waals surface area contributed by atoms with Crippen LogP contribution >= 0.6 is 0 Å². The molecule has 1 heterocycles. The fourth-order valence-corrected chi connectivity index (χ4v) is 1.77. The Bertz CT molecular complexity index is 363. The van der Waals surface area contributed by atoms with Crippen molar-refractivity contribution in [3.8, 4) is 0 Å². The molecule has 0 radical (unpaired) electrons. The normalized spacial score (nSPS) is 10.8. The number of amides is 1. The molecule has 0 aliphatic rings. The lowest BCUT2D eigenvalue weighted by atomic mass is 10.4. The van der Waals surface area contributed by atoms with Crippen LogP contribution in [0.25, 0.3) is 0 Å². The van der Waals surface area contributed by atoms with Crippen LogP contribution in [0, 0.1) is 0 Å². The lowest BCUT2D eigenvalue weighted by Gasteiger charge is -2.19.